The highest BCUT2D eigenvalue weighted by Crippen LogP contribution is 2.35. The number of para-hydroxylation sites is 2. The van der Waals surface area contributed by atoms with E-state index in [2.05, 4.69) is 68.3 Å². The number of aromatic nitrogens is 6. The average molecular weight is 595 g/mol. The minimum absolute atomic E-state index is 0.0526. The second-order valence-electron chi connectivity index (χ2n) is 10.8. The first-order chi connectivity index (χ1) is 22.0. The Kier molecular flexibility index (Phi) is 7.46. The number of nitrogens with zero attached hydrogens (tertiary/aromatic N) is 6. The fraction of sp³-hybridized carbons (Fsp3) is 0.114. The molecular formula is C35H30N8O2. The van der Waals surface area contributed by atoms with Gasteiger partial charge in [-0.15, -0.1) is 10.2 Å². The minimum atomic E-state index is -0.161. The van der Waals surface area contributed by atoms with E-state index in [0.29, 0.717) is 24.6 Å². The first-order valence-electron chi connectivity index (χ1n) is 14.6. The van der Waals surface area contributed by atoms with Crippen LogP contribution in [0.2, 0.25) is 0 Å². The number of aromatic hydroxyl groups is 1. The molecule has 0 aliphatic heterocycles. The van der Waals surface area contributed by atoms with Crippen molar-refractivity contribution in [2.75, 3.05) is 11.9 Å². The number of aryl methyl sites for hydroxylation is 1. The van der Waals surface area contributed by atoms with Crippen molar-refractivity contribution < 1.29 is 9.90 Å². The molecule has 45 heavy (non-hydrogen) atoms. The van der Waals surface area contributed by atoms with Gasteiger partial charge in [0.25, 0.3) is 0 Å². The number of phenols is 1. The van der Waals surface area contributed by atoms with Crippen molar-refractivity contribution in [3.63, 3.8) is 0 Å². The summed E-state index contributed by atoms with van der Waals surface area (Å²) in [6, 6.07) is 29.4. The van der Waals surface area contributed by atoms with Crippen LogP contribution in [-0.4, -0.2) is 46.7 Å². The molecule has 0 aliphatic carbocycles. The zero-order valence-corrected chi connectivity index (χ0v) is 24.6. The van der Waals surface area contributed by atoms with E-state index in [1.807, 2.05) is 52.7 Å². The highest BCUT2D eigenvalue weighted by atomic mass is 16.3. The molecule has 3 aromatic carbocycles. The standard InChI is InChI=1S/C35H30N8O2/c1-42-21-30(37-22-42)35-41-40-34-27-19-26(24-7-3-2-4-8-24)33(39-28(27)16-18-43(34)35)25-13-11-23(12-14-25)20-36-17-15-32(45)38-29-9-5-6-10-31(29)44/h2-14,16,18-19,21-22,36,44H,15,17,20H2,1H3,(H,38,45). The van der Waals surface area contributed by atoms with E-state index < -0.39 is 0 Å². The Hall–Kier alpha value is -5.87. The molecule has 0 bridgehead atoms. The maximum atomic E-state index is 12.3. The van der Waals surface area contributed by atoms with Crippen LogP contribution in [0.25, 0.3) is 50.5 Å². The molecule has 0 saturated carbocycles. The Morgan fingerprint density at radius 3 is 2.49 bits per heavy atom. The lowest BCUT2D eigenvalue weighted by molar-refractivity contribution is -0.116. The molecule has 10 nitrogen and oxygen atoms in total. The number of fused-ring (bicyclic) bond motifs is 3. The highest BCUT2D eigenvalue weighted by Gasteiger charge is 2.17. The van der Waals surface area contributed by atoms with Gasteiger partial charge < -0.3 is 20.3 Å². The number of imidazole rings is 1. The van der Waals surface area contributed by atoms with Gasteiger partial charge in [0.2, 0.25) is 5.91 Å². The van der Waals surface area contributed by atoms with Gasteiger partial charge in [0.1, 0.15) is 11.4 Å². The van der Waals surface area contributed by atoms with E-state index in [4.69, 9.17) is 4.98 Å². The molecule has 7 rings (SSSR count). The van der Waals surface area contributed by atoms with E-state index in [-0.39, 0.29) is 18.1 Å². The zero-order chi connectivity index (χ0) is 30.8. The molecule has 0 spiro atoms. The number of phenolic OH excluding ortho intramolecular Hbond substituents is 1. The van der Waals surface area contributed by atoms with Crippen molar-refractivity contribution in [2.45, 2.75) is 13.0 Å². The molecule has 4 aromatic heterocycles. The molecule has 0 saturated heterocycles. The Labute approximate surface area is 259 Å². The zero-order valence-electron chi connectivity index (χ0n) is 24.6. The first-order valence-corrected chi connectivity index (χ1v) is 14.6. The third-order valence-corrected chi connectivity index (χ3v) is 7.65. The van der Waals surface area contributed by atoms with Gasteiger partial charge in [0.05, 0.1) is 23.2 Å². The molecule has 0 aliphatic rings. The molecule has 0 fully saturated rings. The van der Waals surface area contributed by atoms with Gasteiger partial charge in [-0.1, -0.05) is 66.7 Å². The van der Waals surface area contributed by atoms with E-state index in [9.17, 15) is 9.90 Å². The number of hydrogen-bond acceptors (Lipinski definition) is 7. The van der Waals surface area contributed by atoms with Gasteiger partial charge in [-0.3, -0.25) is 9.20 Å². The van der Waals surface area contributed by atoms with Crippen molar-refractivity contribution >= 4 is 28.1 Å². The topological polar surface area (TPSA) is 122 Å². The van der Waals surface area contributed by atoms with Crippen LogP contribution >= 0.6 is 0 Å². The molecule has 1 amide bonds. The quantitative estimate of drug-likeness (QED) is 0.142. The van der Waals surface area contributed by atoms with Gasteiger partial charge in [-0.25, -0.2) is 9.97 Å². The van der Waals surface area contributed by atoms with E-state index in [0.717, 1.165) is 50.2 Å². The lowest BCUT2D eigenvalue weighted by atomic mass is 9.97. The van der Waals surface area contributed by atoms with Crippen molar-refractivity contribution in [3.05, 3.63) is 115 Å². The molecular weight excluding hydrogens is 564 g/mol. The van der Waals surface area contributed by atoms with Crippen LogP contribution in [0.3, 0.4) is 0 Å². The van der Waals surface area contributed by atoms with Gasteiger partial charge in [0.15, 0.2) is 11.5 Å². The molecule has 7 aromatic rings. The van der Waals surface area contributed by atoms with Crippen molar-refractivity contribution in [1.29, 1.82) is 0 Å². The Morgan fingerprint density at radius 2 is 1.71 bits per heavy atom. The van der Waals surface area contributed by atoms with E-state index in [1.165, 1.54) is 0 Å². The second-order valence-corrected chi connectivity index (χ2v) is 10.8. The summed E-state index contributed by atoms with van der Waals surface area (Å²) in [7, 11) is 1.93. The predicted octanol–water partition coefficient (Wildman–Crippen LogP) is 5.84. The average Bonchev–Trinajstić information content (AvgIpc) is 3.70. The first kappa shape index (κ1) is 27.9. The molecule has 10 heteroatoms. The van der Waals surface area contributed by atoms with E-state index in [1.54, 1.807) is 30.6 Å². The van der Waals surface area contributed by atoms with Crippen molar-refractivity contribution in [2.24, 2.45) is 7.05 Å². The highest BCUT2D eigenvalue weighted by molar-refractivity contribution is 5.98. The molecule has 0 radical (unpaired) electrons. The van der Waals surface area contributed by atoms with Crippen LogP contribution in [0.15, 0.2) is 110 Å². The lowest BCUT2D eigenvalue weighted by Gasteiger charge is -2.13. The van der Waals surface area contributed by atoms with Gasteiger partial charge in [-0.05, 0) is 35.4 Å². The Bertz CT molecular complexity index is 2140. The Morgan fingerprint density at radius 1 is 0.911 bits per heavy atom. The normalized spacial score (nSPS) is 11.3. The minimum Gasteiger partial charge on any atom is -0.506 e. The molecule has 222 valence electrons. The number of rotatable bonds is 9. The number of pyridine rings is 2. The molecule has 3 N–H and O–H groups in total. The lowest BCUT2D eigenvalue weighted by Crippen LogP contribution is -2.21. The van der Waals surface area contributed by atoms with Crippen LogP contribution in [-0.2, 0) is 18.4 Å². The summed E-state index contributed by atoms with van der Waals surface area (Å²) in [5.74, 6) is 0.571. The van der Waals surface area contributed by atoms with Crippen molar-refractivity contribution in [1.82, 2.24) is 34.4 Å². The number of anilines is 1. The smallest absolute Gasteiger partial charge is 0.225 e. The van der Waals surface area contributed by atoms with Crippen LogP contribution < -0.4 is 10.6 Å². The third-order valence-electron chi connectivity index (χ3n) is 7.65. The number of benzene rings is 3. The van der Waals surface area contributed by atoms with Gasteiger partial charge in [-0.2, -0.15) is 0 Å². The van der Waals surface area contributed by atoms with Gasteiger partial charge in [0, 0.05) is 55.5 Å². The van der Waals surface area contributed by atoms with Crippen LogP contribution in [0.1, 0.15) is 12.0 Å². The number of amides is 1. The molecule has 0 unspecified atom stereocenters. The number of carbonyl (C=O) groups excluding carboxylic acids is 1. The van der Waals surface area contributed by atoms with E-state index >= 15 is 0 Å². The summed E-state index contributed by atoms with van der Waals surface area (Å²) in [5.41, 5.74) is 7.73. The van der Waals surface area contributed by atoms with Crippen LogP contribution in [0.4, 0.5) is 5.69 Å². The largest absolute Gasteiger partial charge is 0.506 e. The Balaban J connectivity index is 1.13. The number of carbonyl (C=O) groups is 1. The van der Waals surface area contributed by atoms with Crippen molar-refractivity contribution in [3.8, 4) is 39.7 Å². The molecule has 0 atom stereocenters. The summed E-state index contributed by atoms with van der Waals surface area (Å²) < 4.78 is 3.84. The predicted molar refractivity (Wildman–Crippen MR) is 174 cm³/mol. The summed E-state index contributed by atoms with van der Waals surface area (Å²) >= 11 is 0. The third kappa shape index (κ3) is 5.74. The maximum Gasteiger partial charge on any atom is 0.225 e. The number of nitrogens with one attached hydrogen (secondary N) is 2. The monoisotopic (exact) mass is 594 g/mol. The fourth-order valence-corrected chi connectivity index (χ4v) is 5.36. The summed E-state index contributed by atoms with van der Waals surface area (Å²) in [5, 5.41) is 25.8. The van der Waals surface area contributed by atoms with Crippen LogP contribution in [0, 0.1) is 0 Å². The SMILES string of the molecule is Cn1cnc(-c2nnc3c4cc(-c5ccccc5)c(-c5ccc(CNCCC(=O)Nc6ccccc6O)cc5)nc4ccn23)c1. The maximum absolute atomic E-state index is 12.3. The van der Waals surface area contributed by atoms with Gasteiger partial charge >= 0.3 is 0 Å². The summed E-state index contributed by atoms with van der Waals surface area (Å²) in [6.07, 6.45) is 5.90. The summed E-state index contributed by atoms with van der Waals surface area (Å²) in [6.45, 7) is 1.12. The number of hydrogen-bond donors (Lipinski definition) is 3. The summed E-state index contributed by atoms with van der Waals surface area (Å²) in [4.78, 5) is 21.9. The molecule has 4 heterocycles. The van der Waals surface area contributed by atoms with Crippen LogP contribution in [0.5, 0.6) is 5.75 Å². The second kappa shape index (κ2) is 12.0. The fourth-order valence-electron chi connectivity index (χ4n) is 5.36.